The molecular formula is C17H26BNO3. The van der Waals surface area contributed by atoms with E-state index in [0.717, 1.165) is 31.6 Å². The third-order valence-corrected chi connectivity index (χ3v) is 5.03. The third-order valence-electron chi connectivity index (χ3n) is 5.03. The second kappa shape index (κ2) is 5.97. The maximum atomic E-state index is 6.08. The minimum absolute atomic E-state index is 0.282. The van der Waals surface area contributed by atoms with E-state index in [1.165, 1.54) is 5.56 Å². The Kier molecular flexibility index (Phi) is 4.34. The molecule has 0 radical (unpaired) electrons. The summed E-state index contributed by atoms with van der Waals surface area (Å²) in [6.07, 6.45) is 1.10. The molecule has 0 aliphatic carbocycles. The third kappa shape index (κ3) is 3.23. The van der Waals surface area contributed by atoms with Crippen molar-refractivity contribution in [3.8, 4) is 0 Å². The van der Waals surface area contributed by atoms with Crippen LogP contribution >= 0.6 is 0 Å². The topological polar surface area (TPSA) is 39.7 Å². The standard InChI is InChI=1S/C17H26BNO3/c1-16(2)17(3,4)22-18(21-16)14-7-5-13(6-8-14)11-19-15-9-10-20-12-15/h5-8,15,19H,9-12H2,1-4H3. The maximum absolute atomic E-state index is 6.08. The molecule has 1 aromatic carbocycles. The van der Waals surface area contributed by atoms with Crippen LogP contribution in [0.5, 0.6) is 0 Å². The zero-order chi connectivity index (χ0) is 15.8. The Balaban J connectivity index is 1.60. The van der Waals surface area contributed by atoms with E-state index in [4.69, 9.17) is 14.0 Å². The predicted molar refractivity (Wildman–Crippen MR) is 88.2 cm³/mol. The summed E-state index contributed by atoms with van der Waals surface area (Å²) >= 11 is 0. The fourth-order valence-electron chi connectivity index (χ4n) is 2.73. The van der Waals surface area contributed by atoms with E-state index in [9.17, 15) is 0 Å². The summed E-state index contributed by atoms with van der Waals surface area (Å²) < 4.78 is 17.5. The van der Waals surface area contributed by atoms with Gasteiger partial charge in [0.1, 0.15) is 0 Å². The minimum atomic E-state index is -0.291. The van der Waals surface area contributed by atoms with Crippen molar-refractivity contribution in [1.82, 2.24) is 5.32 Å². The van der Waals surface area contributed by atoms with Crippen LogP contribution in [0.3, 0.4) is 0 Å². The zero-order valence-corrected chi connectivity index (χ0v) is 14.0. The van der Waals surface area contributed by atoms with Gasteiger partial charge in [-0.25, -0.2) is 0 Å². The van der Waals surface area contributed by atoms with Gasteiger partial charge in [-0.05, 0) is 45.1 Å². The van der Waals surface area contributed by atoms with Gasteiger partial charge in [-0.2, -0.15) is 0 Å². The molecule has 1 atom stereocenters. The first-order valence-corrected chi connectivity index (χ1v) is 8.13. The number of rotatable bonds is 4. The SMILES string of the molecule is CC1(C)OB(c2ccc(CNC3CCOC3)cc2)OC1(C)C. The first-order valence-electron chi connectivity index (χ1n) is 8.13. The van der Waals surface area contributed by atoms with Gasteiger partial charge in [0.25, 0.3) is 0 Å². The average molecular weight is 303 g/mol. The highest BCUT2D eigenvalue weighted by atomic mass is 16.7. The van der Waals surface area contributed by atoms with Crippen LogP contribution in [-0.2, 0) is 20.6 Å². The van der Waals surface area contributed by atoms with Gasteiger partial charge in [-0.3, -0.25) is 0 Å². The van der Waals surface area contributed by atoms with Crippen molar-refractivity contribution in [2.24, 2.45) is 0 Å². The van der Waals surface area contributed by atoms with Gasteiger partial charge in [0.05, 0.1) is 17.8 Å². The molecule has 0 saturated carbocycles. The maximum Gasteiger partial charge on any atom is 0.494 e. The molecule has 1 unspecified atom stereocenters. The van der Waals surface area contributed by atoms with Crippen LogP contribution in [0.4, 0.5) is 0 Å². The highest BCUT2D eigenvalue weighted by Gasteiger charge is 2.51. The second-order valence-corrected chi connectivity index (χ2v) is 7.27. The normalized spacial score (nSPS) is 26.5. The van der Waals surface area contributed by atoms with Crippen molar-refractivity contribution in [3.05, 3.63) is 29.8 Å². The van der Waals surface area contributed by atoms with E-state index in [1.54, 1.807) is 0 Å². The van der Waals surface area contributed by atoms with E-state index in [0.29, 0.717) is 6.04 Å². The number of nitrogens with one attached hydrogen (secondary N) is 1. The minimum Gasteiger partial charge on any atom is -0.399 e. The van der Waals surface area contributed by atoms with Gasteiger partial charge >= 0.3 is 7.12 Å². The zero-order valence-electron chi connectivity index (χ0n) is 14.0. The summed E-state index contributed by atoms with van der Waals surface area (Å²) in [5.74, 6) is 0. The molecule has 2 fully saturated rings. The Morgan fingerprint density at radius 1 is 1.09 bits per heavy atom. The summed E-state index contributed by atoms with van der Waals surface area (Å²) in [6.45, 7) is 10.9. The number of benzene rings is 1. The molecule has 5 heteroatoms. The molecule has 1 N–H and O–H groups in total. The van der Waals surface area contributed by atoms with E-state index in [2.05, 4.69) is 57.3 Å². The molecule has 2 heterocycles. The first kappa shape index (κ1) is 16.0. The van der Waals surface area contributed by atoms with E-state index >= 15 is 0 Å². The summed E-state index contributed by atoms with van der Waals surface area (Å²) in [5, 5.41) is 3.53. The van der Waals surface area contributed by atoms with Crippen molar-refractivity contribution in [2.75, 3.05) is 13.2 Å². The lowest BCUT2D eigenvalue weighted by atomic mass is 9.79. The van der Waals surface area contributed by atoms with E-state index < -0.39 is 0 Å². The van der Waals surface area contributed by atoms with Crippen molar-refractivity contribution in [2.45, 2.75) is 57.9 Å². The lowest BCUT2D eigenvalue weighted by Crippen LogP contribution is -2.41. The Labute approximate surface area is 133 Å². The van der Waals surface area contributed by atoms with Crippen LogP contribution < -0.4 is 10.8 Å². The van der Waals surface area contributed by atoms with Crippen molar-refractivity contribution >= 4 is 12.6 Å². The molecule has 0 aromatic heterocycles. The molecule has 4 nitrogen and oxygen atoms in total. The second-order valence-electron chi connectivity index (χ2n) is 7.27. The molecule has 0 amide bonds. The van der Waals surface area contributed by atoms with Gasteiger partial charge in [0.2, 0.25) is 0 Å². The smallest absolute Gasteiger partial charge is 0.399 e. The highest BCUT2D eigenvalue weighted by Crippen LogP contribution is 2.36. The lowest BCUT2D eigenvalue weighted by molar-refractivity contribution is 0.00578. The summed E-state index contributed by atoms with van der Waals surface area (Å²) in [7, 11) is -0.282. The van der Waals surface area contributed by atoms with Gasteiger partial charge < -0.3 is 19.4 Å². The number of ether oxygens (including phenoxy) is 1. The molecule has 120 valence electrons. The molecule has 0 spiro atoms. The van der Waals surface area contributed by atoms with Gasteiger partial charge in [0.15, 0.2) is 0 Å². The molecule has 2 aliphatic rings. The Morgan fingerprint density at radius 2 is 1.73 bits per heavy atom. The fourth-order valence-corrected chi connectivity index (χ4v) is 2.73. The Hall–Kier alpha value is -0.875. The molecule has 1 aromatic rings. The van der Waals surface area contributed by atoms with Crippen LogP contribution in [0.2, 0.25) is 0 Å². The van der Waals surface area contributed by atoms with Gasteiger partial charge in [0, 0.05) is 19.2 Å². The van der Waals surface area contributed by atoms with Gasteiger partial charge in [-0.15, -0.1) is 0 Å². The van der Waals surface area contributed by atoms with Crippen LogP contribution in [-0.4, -0.2) is 37.6 Å². The largest absolute Gasteiger partial charge is 0.494 e. The average Bonchev–Trinajstić information content (AvgIpc) is 3.04. The molecule has 0 bridgehead atoms. The van der Waals surface area contributed by atoms with Crippen molar-refractivity contribution in [3.63, 3.8) is 0 Å². The molecule has 2 saturated heterocycles. The molecule has 2 aliphatic heterocycles. The van der Waals surface area contributed by atoms with Crippen LogP contribution in [0, 0.1) is 0 Å². The quantitative estimate of drug-likeness (QED) is 0.862. The molecule has 22 heavy (non-hydrogen) atoms. The fraction of sp³-hybridized carbons (Fsp3) is 0.647. The van der Waals surface area contributed by atoms with Crippen molar-refractivity contribution < 1.29 is 14.0 Å². The molecular weight excluding hydrogens is 277 g/mol. The predicted octanol–water partition coefficient (Wildman–Crippen LogP) is 1.86. The van der Waals surface area contributed by atoms with E-state index in [-0.39, 0.29) is 18.3 Å². The Bertz CT molecular complexity index is 493. The Morgan fingerprint density at radius 3 is 2.27 bits per heavy atom. The van der Waals surface area contributed by atoms with E-state index in [1.807, 2.05) is 0 Å². The van der Waals surface area contributed by atoms with Crippen LogP contribution in [0.25, 0.3) is 0 Å². The number of hydrogen-bond acceptors (Lipinski definition) is 4. The summed E-state index contributed by atoms with van der Waals surface area (Å²) in [4.78, 5) is 0. The lowest BCUT2D eigenvalue weighted by Gasteiger charge is -2.32. The summed E-state index contributed by atoms with van der Waals surface area (Å²) in [6, 6.07) is 8.98. The van der Waals surface area contributed by atoms with Crippen molar-refractivity contribution in [1.29, 1.82) is 0 Å². The van der Waals surface area contributed by atoms with Gasteiger partial charge in [-0.1, -0.05) is 24.3 Å². The highest BCUT2D eigenvalue weighted by molar-refractivity contribution is 6.62. The first-order chi connectivity index (χ1) is 10.4. The molecule has 3 rings (SSSR count). The van der Waals surface area contributed by atoms with Crippen LogP contribution in [0.15, 0.2) is 24.3 Å². The van der Waals surface area contributed by atoms with Crippen LogP contribution in [0.1, 0.15) is 39.7 Å². The monoisotopic (exact) mass is 303 g/mol. The number of hydrogen-bond donors (Lipinski definition) is 1. The summed E-state index contributed by atoms with van der Waals surface area (Å²) in [5.41, 5.74) is 1.76.